The zero-order chi connectivity index (χ0) is 23.4. The molecule has 0 rings (SSSR count). The minimum absolute atomic E-state index is 0.0487. The van der Waals surface area contributed by atoms with Crippen LogP contribution in [-0.2, 0) is 14.3 Å². The second-order valence-electron chi connectivity index (χ2n) is 6.82. The average molecular weight is 405 g/mol. The number of rotatable bonds is 14. The molecule has 0 unspecified atom stereocenters. The maximum absolute atomic E-state index is 11.2. The summed E-state index contributed by atoms with van der Waals surface area (Å²) < 4.78 is 10.9. The van der Waals surface area contributed by atoms with Crippen molar-refractivity contribution in [2.75, 3.05) is 0 Å². The molecule has 0 aromatic carbocycles. The Labute approximate surface area is 181 Å². The van der Waals surface area contributed by atoms with Crippen LogP contribution in [-0.4, -0.2) is 5.78 Å². The van der Waals surface area contributed by atoms with E-state index in [9.17, 15) is 4.79 Å². The van der Waals surface area contributed by atoms with Gasteiger partial charge in [0.05, 0.1) is 5.76 Å². The van der Waals surface area contributed by atoms with Gasteiger partial charge in [-0.3, -0.25) is 4.79 Å². The zero-order valence-corrected chi connectivity index (χ0v) is 18.5. The van der Waals surface area contributed by atoms with Crippen LogP contribution in [0.3, 0.4) is 0 Å². The van der Waals surface area contributed by atoms with Gasteiger partial charge in [0.25, 0.3) is 0 Å². The van der Waals surface area contributed by atoms with Gasteiger partial charge in [0.1, 0.15) is 23.1 Å². The van der Waals surface area contributed by atoms with Crippen molar-refractivity contribution in [3.63, 3.8) is 0 Å². The molecule has 0 spiro atoms. The molecule has 0 N–H and O–H groups in total. The van der Waals surface area contributed by atoms with Crippen molar-refractivity contribution >= 4 is 5.78 Å². The highest BCUT2D eigenvalue weighted by atomic mass is 16.5. The highest BCUT2D eigenvalue weighted by molar-refractivity contribution is 5.78. The van der Waals surface area contributed by atoms with Crippen molar-refractivity contribution in [2.45, 2.75) is 27.2 Å². The Morgan fingerprint density at radius 2 is 1.20 bits per heavy atom. The molecule has 0 bridgehead atoms. The summed E-state index contributed by atoms with van der Waals surface area (Å²) in [4.78, 5) is 11.2. The second kappa shape index (κ2) is 12.8. The van der Waals surface area contributed by atoms with E-state index in [1.54, 1.807) is 37.3 Å². The van der Waals surface area contributed by atoms with E-state index in [2.05, 4.69) is 52.6 Å². The standard InChI is InChI=1S/C27H32O3/c1-18(2)29-24(8)14-12-20(4)21(5)13-15-25(9)30-27(11)26(10)22(6)16-19(3)17-23(7)28/h12-16H,1,3-5,8-11,17H2,2,6-7H3/b14-12-,15-13-,22-16-. The van der Waals surface area contributed by atoms with Crippen molar-refractivity contribution in [3.05, 3.63) is 134 Å². The summed E-state index contributed by atoms with van der Waals surface area (Å²) >= 11 is 0. The van der Waals surface area contributed by atoms with Gasteiger partial charge in [-0.2, -0.15) is 0 Å². The van der Waals surface area contributed by atoms with Crippen molar-refractivity contribution in [1.29, 1.82) is 0 Å². The number of ether oxygens (including phenoxy) is 2. The van der Waals surface area contributed by atoms with E-state index in [-0.39, 0.29) is 5.78 Å². The molecular formula is C27H32O3. The largest absolute Gasteiger partial charge is 0.463 e. The minimum atomic E-state index is 0.0487. The molecule has 3 heteroatoms. The number of allylic oxidation sites excluding steroid dienone is 10. The average Bonchev–Trinajstić information content (AvgIpc) is 2.61. The number of hydrogen-bond donors (Lipinski definition) is 0. The van der Waals surface area contributed by atoms with Crippen LogP contribution in [0.5, 0.6) is 0 Å². The monoisotopic (exact) mass is 404 g/mol. The van der Waals surface area contributed by atoms with E-state index in [1.165, 1.54) is 6.92 Å². The lowest BCUT2D eigenvalue weighted by molar-refractivity contribution is -0.116. The molecule has 0 aromatic heterocycles. The molecule has 3 nitrogen and oxygen atoms in total. The molecule has 0 atom stereocenters. The van der Waals surface area contributed by atoms with Crippen LogP contribution in [0.1, 0.15) is 27.2 Å². The SMILES string of the molecule is C=C(/C=C(/C)C(=C)C(=C)OC(=C)/C=C\C(=C)C(=C)/C=C\C(=C)OC(=C)C)CC(C)=O. The van der Waals surface area contributed by atoms with Gasteiger partial charge >= 0.3 is 0 Å². The molecule has 0 fully saturated rings. The van der Waals surface area contributed by atoms with E-state index in [4.69, 9.17) is 9.47 Å². The van der Waals surface area contributed by atoms with E-state index in [0.717, 1.165) is 5.57 Å². The van der Waals surface area contributed by atoms with Crippen LogP contribution in [0.25, 0.3) is 0 Å². The first-order valence-electron chi connectivity index (χ1n) is 9.20. The van der Waals surface area contributed by atoms with Gasteiger partial charge in [-0.1, -0.05) is 70.9 Å². The molecular weight excluding hydrogens is 372 g/mol. The van der Waals surface area contributed by atoms with E-state index in [1.807, 2.05) is 6.92 Å². The normalized spacial score (nSPS) is 11.1. The molecule has 30 heavy (non-hydrogen) atoms. The Hall–Kier alpha value is -3.59. The lowest BCUT2D eigenvalue weighted by Gasteiger charge is -2.12. The third-order valence-corrected chi connectivity index (χ3v) is 3.62. The molecule has 0 heterocycles. The number of carbonyl (C=O) groups is 1. The fourth-order valence-corrected chi connectivity index (χ4v) is 2.10. The maximum atomic E-state index is 11.2. The van der Waals surface area contributed by atoms with Gasteiger partial charge in [0.15, 0.2) is 0 Å². The Balaban J connectivity index is 4.82. The van der Waals surface area contributed by atoms with Crippen molar-refractivity contribution in [2.24, 2.45) is 0 Å². The minimum Gasteiger partial charge on any atom is -0.463 e. The summed E-state index contributed by atoms with van der Waals surface area (Å²) in [6.07, 6.45) is 8.89. The zero-order valence-electron chi connectivity index (χ0n) is 18.5. The van der Waals surface area contributed by atoms with Crippen LogP contribution in [0.2, 0.25) is 0 Å². The fraction of sp³-hybridized carbons (Fsp3) is 0.148. The van der Waals surface area contributed by atoms with Crippen molar-refractivity contribution in [3.8, 4) is 0 Å². The van der Waals surface area contributed by atoms with Crippen LogP contribution >= 0.6 is 0 Å². The predicted molar refractivity (Wildman–Crippen MR) is 128 cm³/mol. The highest BCUT2D eigenvalue weighted by Crippen LogP contribution is 2.22. The fourth-order valence-electron chi connectivity index (χ4n) is 2.10. The molecule has 0 aliphatic rings. The lowest BCUT2D eigenvalue weighted by atomic mass is 10.0. The molecule has 158 valence electrons. The van der Waals surface area contributed by atoms with Gasteiger partial charge in [0, 0.05) is 12.0 Å². The Morgan fingerprint density at radius 1 is 0.733 bits per heavy atom. The maximum Gasteiger partial charge on any atom is 0.134 e. The summed E-state index contributed by atoms with van der Waals surface area (Å²) in [7, 11) is 0. The molecule has 0 aliphatic heterocycles. The molecule has 0 saturated carbocycles. The Morgan fingerprint density at radius 3 is 1.63 bits per heavy atom. The summed E-state index contributed by atoms with van der Waals surface area (Å²) in [5.41, 5.74) is 3.45. The molecule has 0 aliphatic carbocycles. The van der Waals surface area contributed by atoms with Gasteiger partial charge in [-0.05, 0) is 55.2 Å². The van der Waals surface area contributed by atoms with Gasteiger partial charge in [-0.15, -0.1) is 0 Å². The summed E-state index contributed by atoms with van der Waals surface area (Å²) in [5.74, 6) is 1.78. The first-order valence-corrected chi connectivity index (χ1v) is 9.20. The molecule has 0 radical (unpaired) electrons. The van der Waals surface area contributed by atoms with E-state index in [0.29, 0.717) is 51.7 Å². The number of Topliss-reactive ketones (excluding diaryl/α,β-unsaturated/α-hetero) is 1. The molecule has 0 aromatic rings. The first-order chi connectivity index (χ1) is 13.8. The second-order valence-corrected chi connectivity index (χ2v) is 6.82. The summed E-state index contributed by atoms with van der Waals surface area (Å²) in [6, 6.07) is 0. The van der Waals surface area contributed by atoms with Crippen LogP contribution in [0, 0.1) is 0 Å². The van der Waals surface area contributed by atoms with Crippen molar-refractivity contribution in [1.82, 2.24) is 0 Å². The van der Waals surface area contributed by atoms with Crippen molar-refractivity contribution < 1.29 is 14.3 Å². The van der Waals surface area contributed by atoms with Gasteiger partial charge in [0.2, 0.25) is 0 Å². The van der Waals surface area contributed by atoms with Gasteiger partial charge in [-0.25, -0.2) is 0 Å². The summed E-state index contributed by atoms with van der Waals surface area (Å²) in [6.45, 7) is 36.0. The highest BCUT2D eigenvalue weighted by Gasteiger charge is 2.06. The number of ketones is 1. The predicted octanol–water partition coefficient (Wildman–Crippen LogP) is 7.36. The van der Waals surface area contributed by atoms with Crippen LogP contribution < -0.4 is 0 Å². The molecule has 0 saturated heterocycles. The summed E-state index contributed by atoms with van der Waals surface area (Å²) in [5, 5.41) is 0. The number of carbonyl (C=O) groups excluding carboxylic acids is 1. The van der Waals surface area contributed by atoms with E-state index >= 15 is 0 Å². The Bertz CT molecular complexity index is 898. The van der Waals surface area contributed by atoms with E-state index < -0.39 is 0 Å². The van der Waals surface area contributed by atoms with Gasteiger partial charge < -0.3 is 9.47 Å². The number of hydrogen-bond acceptors (Lipinski definition) is 3. The third kappa shape index (κ3) is 11.3. The lowest BCUT2D eigenvalue weighted by Crippen LogP contribution is -1.96. The van der Waals surface area contributed by atoms with Crippen LogP contribution in [0.15, 0.2) is 134 Å². The topological polar surface area (TPSA) is 35.5 Å². The quantitative estimate of drug-likeness (QED) is 0.224. The first kappa shape index (κ1) is 26.4. The van der Waals surface area contributed by atoms with Crippen LogP contribution in [0.4, 0.5) is 0 Å². The third-order valence-electron chi connectivity index (χ3n) is 3.62. The molecule has 0 amide bonds. The Kier molecular flexibility index (Phi) is 11.3. The smallest absolute Gasteiger partial charge is 0.134 e.